The third kappa shape index (κ3) is 5.30. The van der Waals surface area contributed by atoms with E-state index in [0.29, 0.717) is 26.2 Å². The van der Waals surface area contributed by atoms with Gasteiger partial charge in [0.15, 0.2) is 0 Å². The summed E-state index contributed by atoms with van der Waals surface area (Å²) < 4.78 is 7.65. The lowest BCUT2D eigenvalue weighted by molar-refractivity contribution is 0.202. The molecular formula is C18H26N4O2. The normalized spacial score (nSPS) is 10.5. The predicted octanol–water partition coefficient (Wildman–Crippen LogP) is 2.61. The Hall–Kier alpha value is -2.50. The molecule has 0 saturated carbocycles. The summed E-state index contributed by atoms with van der Waals surface area (Å²) in [7, 11) is 1.79. The van der Waals surface area contributed by atoms with E-state index in [1.54, 1.807) is 22.8 Å². The minimum atomic E-state index is -0.0748. The second kappa shape index (κ2) is 8.96. The topological polar surface area (TPSA) is 59.4 Å². The number of nitrogens with zero attached hydrogens (tertiary/aromatic N) is 3. The Balaban J connectivity index is 1.63. The third-order valence-corrected chi connectivity index (χ3v) is 3.82. The first-order chi connectivity index (χ1) is 11.6. The number of aryl methyl sites for hydroxylation is 2. The van der Waals surface area contributed by atoms with Crippen molar-refractivity contribution in [3.8, 4) is 5.75 Å². The number of ether oxygens (including phenoxy) is 1. The average Bonchev–Trinajstić information content (AvgIpc) is 3.06. The molecule has 0 unspecified atom stereocenters. The molecule has 0 atom stereocenters. The number of aromatic nitrogens is 2. The number of urea groups is 1. The number of para-hydroxylation sites is 1. The number of carbonyl (C=O) groups excluding carboxylic acids is 1. The molecule has 0 radical (unpaired) electrons. The second-order valence-electron chi connectivity index (χ2n) is 5.85. The van der Waals surface area contributed by atoms with Gasteiger partial charge < -0.3 is 15.0 Å². The maximum Gasteiger partial charge on any atom is 0.317 e. The van der Waals surface area contributed by atoms with Gasteiger partial charge in [0.1, 0.15) is 5.75 Å². The lowest BCUT2D eigenvalue weighted by atomic mass is 10.1. The smallest absolute Gasteiger partial charge is 0.317 e. The monoisotopic (exact) mass is 330 g/mol. The van der Waals surface area contributed by atoms with Crippen LogP contribution >= 0.6 is 0 Å². The maximum atomic E-state index is 12.0. The van der Waals surface area contributed by atoms with Crippen LogP contribution in [0.15, 0.2) is 36.7 Å². The zero-order valence-corrected chi connectivity index (χ0v) is 14.7. The van der Waals surface area contributed by atoms with Gasteiger partial charge in [0.2, 0.25) is 0 Å². The molecule has 0 aliphatic rings. The molecule has 130 valence electrons. The van der Waals surface area contributed by atoms with Gasteiger partial charge in [-0.1, -0.05) is 18.2 Å². The predicted molar refractivity (Wildman–Crippen MR) is 94.3 cm³/mol. The third-order valence-electron chi connectivity index (χ3n) is 3.82. The highest BCUT2D eigenvalue weighted by molar-refractivity contribution is 5.73. The molecule has 1 N–H and O–H groups in total. The van der Waals surface area contributed by atoms with Gasteiger partial charge in [0, 0.05) is 32.5 Å². The van der Waals surface area contributed by atoms with Gasteiger partial charge in [-0.3, -0.25) is 4.68 Å². The van der Waals surface area contributed by atoms with Crippen LogP contribution in [0.1, 0.15) is 17.5 Å². The molecule has 6 nitrogen and oxygen atoms in total. The van der Waals surface area contributed by atoms with E-state index in [1.807, 2.05) is 44.3 Å². The molecule has 24 heavy (non-hydrogen) atoms. The molecule has 2 rings (SSSR count). The highest BCUT2D eigenvalue weighted by Crippen LogP contribution is 2.22. The van der Waals surface area contributed by atoms with E-state index < -0.39 is 0 Å². The fraction of sp³-hybridized carbons (Fsp3) is 0.444. The first kappa shape index (κ1) is 17.8. The van der Waals surface area contributed by atoms with E-state index in [9.17, 15) is 4.79 Å². The van der Waals surface area contributed by atoms with Crippen molar-refractivity contribution in [2.45, 2.75) is 26.8 Å². The zero-order chi connectivity index (χ0) is 17.4. The second-order valence-corrected chi connectivity index (χ2v) is 5.85. The van der Waals surface area contributed by atoms with E-state index in [1.165, 1.54) is 0 Å². The van der Waals surface area contributed by atoms with Gasteiger partial charge >= 0.3 is 6.03 Å². The summed E-state index contributed by atoms with van der Waals surface area (Å²) >= 11 is 0. The van der Waals surface area contributed by atoms with Crippen LogP contribution in [0.5, 0.6) is 5.75 Å². The molecule has 2 amide bonds. The van der Waals surface area contributed by atoms with Crippen LogP contribution in [0, 0.1) is 13.8 Å². The lowest BCUT2D eigenvalue weighted by Gasteiger charge is -2.18. The first-order valence-electron chi connectivity index (χ1n) is 8.23. The molecule has 0 fully saturated rings. The maximum absolute atomic E-state index is 12.0. The minimum Gasteiger partial charge on any atom is -0.493 e. The summed E-state index contributed by atoms with van der Waals surface area (Å²) in [5, 5.41) is 6.98. The van der Waals surface area contributed by atoms with Crippen LogP contribution in [0.4, 0.5) is 4.79 Å². The van der Waals surface area contributed by atoms with Gasteiger partial charge in [-0.25, -0.2) is 4.79 Å². The number of benzene rings is 1. The van der Waals surface area contributed by atoms with E-state index in [0.717, 1.165) is 23.3 Å². The number of carbonyl (C=O) groups is 1. The molecule has 0 saturated heterocycles. The van der Waals surface area contributed by atoms with Gasteiger partial charge in [-0.2, -0.15) is 5.10 Å². The Morgan fingerprint density at radius 3 is 2.71 bits per heavy atom. The number of hydrogen-bond acceptors (Lipinski definition) is 3. The van der Waals surface area contributed by atoms with Crippen LogP contribution < -0.4 is 10.1 Å². The number of hydrogen-bond donors (Lipinski definition) is 1. The summed E-state index contributed by atoms with van der Waals surface area (Å²) in [6, 6.07) is 7.90. The molecular weight excluding hydrogens is 304 g/mol. The molecule has 0 spiro atoms. The minimum absolute atomic E-state index is 0.0748. The van der Waals surface area contributed by atoms with Crippen molar-refractivity contribution in [3.05, 3.63) is 47.8 Å². The van der Waals surface area contributed by atoms with E-state index in [-0.39, 0.29) is 6.03 Å². The summed E-state index contributed by atoms with van der Waals surface area (Å²) in [6.45, 7) is 6.56. The molecule has 0 bridgehead atoms. The Bertz CT molecular complexity index is 620. The Morgan fingerprint density at radius 1 is 1.29 bits per heavy atom. The van der Waals surface area contributed by atoms with E-state index >= 15 is 0 Å². The first-order valence-corrected chi connectivity index (χ1v) is 8.23. The van der Waals surface area contributed by atoms with E-state index in [4.69, 9.17) is 4.74 Å². The largest absolute Gasteiger partial charge is 0.493 e. The molecule has 2 aromatic rings. The highest BCUT2D eigenvalue weighted by Gasteiger charge is 2.08. The number of nitrogens with one attached hydrogen (secondary N) is 1. The zero-order valence-electron chi connectivity index (χ0n) is 14.7. The molecule has 1 heterocycles. The SMILES string of the molecule is Cc1cccc(C)c1OCCCN(C)C(=O)NCCn1cccn1. The van der Waals surface area contributed by atoms with Crippen molar-refractivity contribution in [1.82, 2.24) is 20.0 Å². The van der Waals surface area contributed by atoms with Crippen molar-refractivity contribution in [2.75, 3.05) is 26.7 Å². The van der Waals surface area contributed by atoms with Crippen LogP contribution in [-0.2, 0) is 6.54 Å². The van der Waals surface area contributed by atoms with Crippen LogP contribution in [0.25, 0.3) is 0 Å². The van der Waals surface area contributed by atoms with Crippen molar-refractivity contribution >= 4 is 6.03 Å². The Kier molecular flexibility index (Phi) is 6.66. The van der Waals surface area contributed by atoms with E-state index in [2.05, 4.69) is 10.4 Å². The molecule has 0 aliphatic carbocycles. The van der Waals surface area contributed by atoms with Gasteiger partial charge in [0.25, 0.3) is 0 Å². The molecule has 6 heteroatoms. The number of rotatable bonds is 8. The van der Waals surface area contributed by atoms with Crippen molar-refractivity contribution in [1.29, 1.82) is 0 Å². The quantitative estimate of drug-likeness (QED) is 0.757. The lowest BCUT2D eigenvalue weighted by Crippen LogP contribution is -2.39. The van der Waals surface area contributed by atoms with Crippen LogP contribution in [0.2, 0.25) is 0 Å². The van der Waals surface area contributed by atoms with Crippen molar-refractivity contribution < 1.29 is 9.53 Å². The standard InChI is InChI=1S/C18H26N4O2/c1-15-7-4-8-16(2)17(15)24-14-6-11-21(3)18(23)19-10-13-22-12-5-9-20-22/h4-5,7-9,12H,6,10-11,13-14H2,1-3H3,(H,19,23). The van der Waals surface area contributed by atoms with Gasteiger partial charge in [-0.15, -0.1) is 0 Å². The highest BCUT2D eigenvalue weighted by atomic mass is 16.5. The van der Waals surface area contributed by atoms with Crippen LogP contribution in [-0.4, -0.2) is 47.5 Å². The van der Waals surface area contributed by atoms with Gasteiger partial charge in [-0.05, 0) is 37.5 Å². The average molecular weight is 330 g/mol. The van der Waals surface area contributed by atoms with Crippen molar-refractivity contribution in [2.24, 2.45) is 0 Å². The summed E-state index contributed by atoms with van der Waals surface area (Å²) in [5.41, 5.74) is 2.28. The Labute approximate surface area is 143 Å². The number of amides is 2. The Morgan fingerprint density at radius 2 is 2.04 bits per heavy atom. The van der Waals surface area contributed by atoms with Crippen molar-refractivity contribution in [3.63, 3.8) is 0 Å². The summed E-state index contributed by atoms with van der Waals surface area (Å²) in [5.74, 6) is 0.948. The summed E-state index contributed by atoms with van der Waals surface area (Å²) in [4.78, 5) is 13.7. The van der Waals surface area contributed by atoms with Gasteiger partial charge in [0.05, 0.1) is 13.2 Å². The molecule has 1 aromatic carbocycles. The fourth-order valence-electron chi connectivity index (χ4n) is 2.45. The molecule has 1 aromatic heterocycles. The van der Waals surface area contributed by atoms with Crippen LogP contribution in [0.3, 0.4) is 0 Å². The fourth-order valence-corrected chi connectivity index (χ4v) is 2.45. The molecule has 0 aliphatic heterocycles. The summed E-state index contributed by atoms with van der Waals surface area (Å²) in [6.07, 6.45) is 4.39.